The van der Waals surface area contributed by atoms with Crippen molar-refractivity contribution in [2.75, 3.05) is 6.54 Å². The zero-order valence-corrected chi connectivity index (χ0v) is 19.1. The Labute approximate surface area is 197 Å². The van der Waals surface area contributed by atoms with Crippen molar-refractivity contribution in [3.05, 3.63) is 84.4 Å². The van der Waals surface area contributed by atoms with E-state index in [0.717, 1.165) is 28.5 Å². The lowest BCUT2D eigenvalue weighted by Crippen LogP contribution is -2.12. The van der Waals surface area contributed by atoms with Gasteiger partial charge >= 0.3 is 0 Å². The summed E-state index contributed by atoms with van der Waals surface area (Å²) in [6.45, 7) is 4.64. The molecular weight excluding hydrogens is 408 g/mol. The van der Waals surface area contributed by atoms with Crippen molar-refractivity contribution in [3.63, 3.8) is 0 Å². The largest absolute Gasteiger partial charge is 0.331 e. The minimum Gasteiger partial charge on any atom is -0.331 e. The number of hydrogen-bond donors (Lipinski definition) is 1. The molecule has 2 atom stereocenters. The highest BCUT2D eigenvalue weighted by Gasteiger charge is 2.13. The van der Waals surface area contributed by atoms with E-state index in [0.29, 0.717) is 12.5 Å². The molecule has 0 aliphatic carbocycles. The van der Waals surface area contributed by atoms with Gasteiger partial charge in [0.05, 0.1) is 23.9 Å². The highest BCUT2D eigenvalue weighted by molar-refractivity contribution is 5.56. The van der Waals surface area contributed by atoms with Gasteiger partial charge in [-0.1, -0.05) is 75.0 Å². The smallest absolute Gasteiger partial charge is 0.139 e. The highest BCUT2D eigenvalue weighted by atomic mass is 15.1. The molecule has 0 aliphatic heterocycles. The molecule has 6 nitrogen and oxygen atoms in total. The van der Waals surface area contributed by atoms with E-state index in [1.807, 2.05) is 80.3 Å². The lowest BCUT2D eigenvalue weighted by molar-refractivity contribution is 0.697. The van der Waals surface area contributed by atoms with Crippen molar-refractivity contribution in [1.82, 2.24) is 19.1 Å². The van der Waals surface area contributed by atoms with Gasteiger partial charge in [0, 0.05) is 49.6 Å². The van der Waals surface area contributed by atoms with Crippen molar-refractivity contribution in [3.8, 4) is 28.8 Å². The molecule has 2 N–H and O–H groups in total. The first-order chi connectivity index (χ1) is 15.5. The van der Waals surface area contributed by atoms with Crippen LogP contribution in [0.15, 0.2) is 73.1 Å². The monoisotopic (exact) mass is 442 g/mol. The highest BCUT2D eigenvalue weighted by Crippen LogP contribution is 2.23. The van der Waals surface area contributed by atoms with Gasteiger partial charge in [-0.25, -0.2) is 9.97 Å². The third-order valence-electron chi connectivity index (χ3n) is 5.61. The molecule has 4 aromatic rings. The number of rotatable bonds is 5. The lowest BCUT2D eigenvalue weighted by Gasteiger charge is -2.10. The van der Waals surface area contributed by atoms with Crippen LogP contribution in [0.1, 0.15) is 44.5 Å². The Kier molecular flexibility index (Phi) is 9.14. The van der Waals surface area contributed by atoms with E-state index in [1.54, 1.807) is 6.20 Å². The van der Waals surface area contributed by atoms with Crippen LogP contribution >= 0.6 is 0 Å². The Morgan fingerprint density at radius 3 is 1.67 bits per heavy atom. The fraction of sp³-hybridized carbons (Fsp3) is 0.296. The topological polar surface area (TPSA) is 85.4 Å². The first-order valence-corrected chi connectivity index (χ1v) is 10.7. The Morgan fingerprint density at radius 2 is 1.24 bits per heavy atom. The predicted molar refractivity (Wildman–Crippen MR) is 136 cm³/mol. The van der Waals surface area contributed by atoms with E-state index in [9.17, 15) is 0 Å². The third kappa shape index (κ3) is 5.76. The van der Waals surface area contributed by atoms with Crippen molar-refractivity contribution >= 4 is 0 Å². The molecule has 172 valence electrons. The standard InChI is InChI=1S/C13H17N3.C13H13N3.CH4/c2*1-10(8-14)12-9-15-13(16(12)2)11-6-4-3-5-7-11;/h3-7,9-10H,8,14H2,1-2H3;3-7,9-10H,1-2H3;1H4. The summed E-state index contributed by atoms with van der Waals surface area (Å²) in [5.74, 6) is 2.11. The number of nitriles is 1. The zero-order valence-electron chi connectivity index (χ0n) is 19.1. The quantitative estimate of drug-likeness (QED) is 0.442. The maximum atomic E-state index is 8.90. The van der Waals surface area contributed by atoms with Gasteiger partial charge in [0.2, 0.25) is 0 Å². The summed E-state index contributed by atoms with van der Waals surface area (Å²) in [5, 5.41) is 8.90. The molecule has 0 spiro atoms. The molecule has 0 saturated heterocycles. The summed E-state index contributed by atoms with van der Waals surface area (Å²) in [4.78, 5) is 8.83. The molecule has 4 rings (SSSR count). The van der Waals surface area contributed by atoms with Gasteiger partial charge in [-0.2, -0.15) is 5.26 Å². The average Bonchev–Trinajstić information content (AvgIpc) is 3.42. The van der Waals surface area contributed by atoms with E-state index in [1.165, 1.54) is 5.69 Å². The van der Waals surface area contributed by atoms with Gasteiger partial charge in [-0.15, -0.1) is 0 Å². The molecule has 2 aromatic heterocycles. The maximum Gasteiger partial charge on any atom is 0.139 e. The molecule has 0 bridgehead atoms. The second-order valence-electron chi connectivity index (χ2n) is 7.85. The van der Waals surface area contributed by atoms with Gasteiger partial charge in [0.25, 0.3) is 0 Å². The van der Waals surface area contributed by atoms with Crippen LogP contribution in [0.3, 0.4) is 0 Å². The second-order valence-corrected chi connectivity index (χ2v) is 7.85. The molecule has 2 aromatic carbocycles. The van der Waals surface area contributed by atoms with Crippen LogP contribution in [0.5, 0.6) is 0 Å². The molecule has 33 heavy (non-hydrogen) atoms. The number of nitrogens with zero attached hydrogens (tertiary/aromatic N) is 5. The van der Waals surface area contributed by atoms with E-state index in [4.69, 9.17) is 11.0 Å². The first kappa shape index (κ1) is 25.6. The molecule has 0 radical (unpaired) electrons. The summed E-state index contributed by atoms with van der Waals surface area (Å²) < 4.78 is 4.09. The molecule has 0 aliphatic rings. The summed E-state index contributed by atoms with van der Waals surface area (Å²) in [5.41, 5.74) is 10.0. The van der Waals surface area contributed by atoms with Crippen molar-refractivity contribution < 1.29 is 0 Å². The normalized spacial score (nSPS) is 12.0. The van der Waals surface area contributed by atoms with Crippen LogP contribution in [-0.4, -0.2) is 25.6 Å². The molecule has 2 unspecified atom stereocenters. The fourth-order valence-corrected chi connectivity index (χ4v) is 3.60. The molecular formula is C27H34N6. The Bertz CT molecular complexity index is 1170. The van der Waals surface area contributed by atoms with Crippen molar-refractivity contribution in [1.29, 1.82) is 5.26 Å². The molecule has 0 fully saturated rings. The minimum atomic E-state index is -0.130. The van der Waals surface area contributed by atoms with Crippen LogP contribution in [0.2, 0.25) is 0 Å². The van der Waals surface area contributed by atoms with E-state index < -0.39 is 0 Å². The summed E-state index contributed by atoms with van der Waals surface area (Å²) in [6.07, 6.45) is 3.69. The van der Waals surface area contributed by atoms with Gasteiger partial charge < -0.3 is 14.9 Å². The average molecular weight is 443 g/mol. The van der Waals surface area contributed by atoms with Gasteiger partial charge in [-0.3, -0.25) is 0 Å². The van der Waals surface area contributed by atoms with Gasteiger partial charge in [-0.05, 0) is 6.92 Å². The second kappa shape index (κ2) is 11.8. The minimum absolute atomic E-state index is 0. The van der Waals surface area contributed by atoms with Crippen molar-refractivity contribution in [2.24, 2.45) is 19.8 Å². The molecule has 2 heterocycles. The Morgan fingerprint density at radius 1 is 0.818 bits per heavy atom. The zero-order chi connectivity index (χ0) is 23.1. The fourth-order valence-electron chi connectivity index (χ4n) is 3.60. The van der Waals surface area contributed by atoms with E-state index in [-0.39, 0.29) is 13.3 Å². The first-order valence-electron chi connectivity index (χ1n) is 10.7. The maximum absolute atomic E-state index is 8.90. The van der Waals surface area contributed by atoms with Crippen LogP contribution in [-0.2, 0) is 14.1 Å². The lowest BCUT2D eigenvalue weighted by atomic mass is 10.1. The molecule has 0 amide bonds. The summed E-state index contributed by atoms with van der Waals surface area (Å²) in [7, 11) is 3.98. The van der Waals surface area contributed by atoms with Gasteiger partial charge in [0.1, 0.15) is 11.6 Å². The van der Waals surface area contributed by atoms with E-state index in [2.05, 4.69) is 39.7 Å². The number of nitrogens with two attached hydrogens (primary N) is 1. The summed E-state index contributed by atoms with van der Waals surface area (Å²) >= 11 is 0. The van der Waals surface area contributed by atoms with Crippen molar-refractivity contribution in [2.45, 2.75) is 33.1 Å². The Balaban J connectivity index is 0.000000227. The predicted octanol–water partition coefficient (Wildman–Crippen LogP) is 5.50. The number of aromatic nitrogens is 4. The number of benzene rings is 2. The third-order valence-corrected chi connectivity index (χ3v) is 5.61. The Hall–Kier alpha value is -3.69. The van der Waals surface area contributed by atoms with Crippen LogP contribution in [0.4, 0.5) is 0 Å². The van der Waals surface area contributed by atoms with Crippen LogP contribution < -0.4 is 5.73 Å². The van der Waals surface area contributed by atoms with Crippen LogP contribution in [0, 0.1) is 11.3 Å². The van der Waals surface area contributed by atoms with Gasteiger partial charge in [0.15, 0.2) is 0 Å². The van der Waals surface area contributed by atoms with E-state index >= 15 is 0 Å². The molecule has 6 heteroatoms. The SMILES string of the molecule is C.CC(C#N)c1cnc(-c2ccccc2)n1C.CC(CN)c1cnc(-c2ccccc2)n1C. The molecule has 0 saturated carbocycles. The number of hydrogen-bond acceptors (Lipinski definition) is 4. The number of imidazole rings is 2. The summed E-state index contributed by atoms with van der Waals surface area (Å²) in [6, 6.07) is 22.4. The van der Waals surface area contributed by atoms with Crippen LogP contribution in [0.25, 0.3) is 22.8 Å².